The Balaban J connectivity index is 1.86. The SMILES string of the molecule is COc1cccc(CN2CCc3sccc3C2C(=O)O)n1. The zero-order valence-electron chi connectivity index (χ0n) is 11.7. The van der Waals surface area contributed by atoms with Crippen LogP contribution in [-0.2, 0) is 17.8 Å². The summed E-state index contributed by atoms with van der Waals surface area (Å²) in [5, 5.41) is 11.5. The smallest absolute Gasteiger partial charge is 0.325 e. The van der Waals surface area contributed by atoms with E-state index in [0.29, 0.717) is 12.4 Å². The summed E-state index contributed by atoms with van der Waals surface area (Å²) in [6.07, 6.45) is 0.890. The van der Waals surface area contributed by atoms with E-state index in [1.165, 1.54) is 4.88 Å². The highest BCUT2D eigenvalue weighted by atomic mass is 32.1. The van der Waals surface area contributed by atoms with Crippen LogP contribution in [0.1, 0.15) is 22.2 Å². The van der Waals surface area contributed by atoms with E-state index in [1.807, 2.05) is 28.5 Å². The number of ether oxygens (including phenoxy) is 1. The second kappa shape index (κ2) is 5.83. The quantitative estimate of drug-likeness (QED) is 0.939. The Hall–Kier alpha value is -1.92. The molecule has 21 heavy (non-hydrogen) atoms. The highest BCUT2D eigenvalue weighted by molar-refractivity contribution is 7.10. The molecule has 0 fully saturated rings. The minimum atomic E-state index is -0.808. The van der Waals surface area contributed by atoms with Crippen LogP contribution in [0.3, 0.4) is 0 Å². The van der Waals surface area contributed by atoms with Crippen molar-refractivity contribution >= 4 is 17.3 Å². The van der Waals surface area contributed by atoms with Crippen molar-refractivity contribution < 1.29 is 14.6 Å². The van der Waals surface area contributed by atoms with Crippen LogP contribution in [-0.4, -0.2) is 34.6 Å². The van der Waals surface area contributed by atoms with Gasteiger partial charge in [0.2, 0.25) is 5.88 Å². The van der Waals surface area contributed by atoms with Gasteiger partial charge in [-0.3, -0.25) is 9.69 Å². The molecule has 3 rings (SSSR count). The fourth-order valence-electron chi connectivity index (χ4n) is 2.70. The van der Waals surface area contributed by atoms with Gasteiger partial charge in [0, 0.05) is 24.0 Å². The molecule has 1 atom stereocenters. The monoisotopic (exact) mass is 304 g/mol. The molecule has 2 aromatic heterocycles. The van der Waals surface area contributed by atoms with E-state index >= 15 is 0 Å². The number of hydrogen-bond acceptors (Lipinski definition) is 5. The van der Waals surface area contributed by atoms with Crippen molar-refractivity contribution in [3.63, 3.8) is 0 Å². The van der Waals surface area contributed by atoms with Crippen LogP contribution in [0.4, 0.5) is 0 Å². The first-order chi connectivity index (χ1) is 10.2. The van der Waals surface area contributed by atoms with Gasteiger partial charge in [-0.15, -0.1) is 11.3 Å². The van der Waals surface area contributed by atoms with E-state index in [-0.39, 0.29) is 0 Å². The van der Waals surface area contributed by atoms with Gasteiger partial charge in [0.15, 0.2) is 0 Å². The number of carbonyl (C=O) groups is 1. The van der Waals surface area contributed by atoms with Gasteiger partial charge in [0.05, 0.1) is 12.8 Å². The van der Waals surface area contributed by atoms with Crippen molar-refractivity contribution in [1.29, 1.82) is 0 Å². The van der Waals surface area contributed by atoms with Gasteiger partial charge in [-0.2, -0.15) is 0 Å². The molecule has 6 heteroatoms. The summed E-state index contributed by atoms with van der Waals surface area (Å²) < 4.78 is 5.12. The van der Waals surface area contributed by atoms with Gasteiger partial charge in [-0.25, -0.2) is 4.98 Å². The summed E-state index contributed by atoms with van der Waals surface area (Å²) in [6.45, 7) is 1.23. The molecule has 0 aromatic carbocycles. The third kappa shape index (κ3) is 2.77. The maximum atomic E-state index is 11.7. The lowest BCUT2D eigenvalue weighted by Gasteiger charge is -2.32. The lowest BCUT2D eigenvalue weighted by atomic mass is 10.00. The number of hydrogen-bond donors (Lipinski definition) is 1. The van der Waals surface area contributed by atoms with Gasteiger partial charge in [-0.1, -0.05) is 6.07 Å². The van der Waals surface area contributed by atoms with E-state index in [4.69, 9.17) is 4.74 Å². The largest absolute Gasteiger partial charge is 0.481 e. The van der Waals surface area contributed by atoms with Crippen molar-refractivity contribution in [3.05, 3.63) is 45.8 Å². The molecular formula is C15H16N2O3S. The van der Waals surface area contributed by atoms with Crippen LogP contribution >= 0.6 is 11.3 Å². The van der Waals surface area contributed by atoms with Crippen LogP contribution < -0.4 is 4.74 Å². The number of fused-ring (bicyclic) bond motifs is 1. The summed E-state index contributed by atoms with van der Waals surface area (Å²) >= 11 is 1.64. The summed E-state index contributed by atoms with van der Waals surface area (Å²) in [4.78, 5) is 19.2. The third-order valence-electron chi connectivity index (χ3n) is 3.66. The molecule has 2 aromatic rings. The first-order valence-corrected chi connectivity index (χ1v) is 7.60. The van der Waals surface area contributed by atoms with Crippen LogP contribution in [0, 0.1) is 0 Å². The first kappa shape index (κ1) is 14.0. The summed E-state index contributed by atoms with van der Waals surface area (Å²) in [5.41, 5.74) is 1.74. The van der Waals surface area contributed by atoms with E-state index in [1.54, 1.807) is 24.5 Å². The fraction of sp³-hybridized carbons (Fsp3) is 0.333. The predicted octanol–water partition coefficient (Wildman–Crippen LogP) is 2.34. The zero-order valence-corrected chi connectivity index (χ0v) is 12.5. The van der Waals surface area contributed by atoms with Crippen molar-refractivity contribution in [3.8, 4) is 5.88 Å². The number of carboxylic acids is 1. The second-order valence-corrected chi connectivity index (χ2v) is 5.93. The van der Waals surface area contributed by atoms with Gasteiger partial charge in [0.25, 0.3) is 0 Å². The Bertz CT molecular complexity index is 656. The number of methoxy groups -OCH3 is 1. The number of thiophene rings is 1. The van der Waals surface area contributed by atoms with Gasteiger partial charge < -0.3 is 9.84 Å². The third-order valence-corrected chi connectivity index (χ3v) is 4.65. The second-order valence-electron chi connectivity index (χ2n) is 4.93. The maximum Gasteiger partial charge on any atom is 0.325 e. The lowest BCUT2D eigenvalue weighted by molar-refractivity contribution is -0.144. The molecule has 1 unspecified atom stereocenters. The minimum absolute atomic E-state index is 0.503. The molecule has 1 aliphatic heterocycles. The summed E-state index contributed by atoms with van der Waals surface area (Å²) in [7, 11) is 1.57. The highest BCUT2D eigenvalue weighted by Crippen LogP contribution is 2.34. The zero-order chi connectivity index (χ0) is 14.8. The molecular weight excluding hydrogens is 288 g/mol. The Morgan fingerprint density at radius 2 is 2.38 bits per heavy atom. The van der Waals surface area contributed by atoms with Crippen LogP contribution in [0.2, 0.25) is 0 Å². The number of nitrogens with zero attached hydrogens (tertiary/aromatic N) is 2. The Morgan fingerprint density at radius 1 is 1.52 bits per heavy atom. The predicted molar refractivity (Wildman–Crippen MR) is 79.6 cm³/mol. The van der Waals surface area contributed by atoms with Gasteiger partial charge >= 0.3 is 5.97 Å². The highest BCUT2D eigenvalue weighted by Gasteiger charge is 2.33. The fourth-order valence-corrected chi connectivity index (χ4v) is 3.60. The number of aliphatic carboxylic acids is 1. The van der Waals surface area contributed by atoms with Gasteiger partial charge in [0.1, 0.15) is 6.04 Å². The van der Waals surface area contributed by atoms with Crippen molar-refractivity contribution in [2.45, 2.75) is 19.0 Å². The Labute approximate surface area is 126 Å². The number of pyridine rings is 1. The molecule has 0 radical (unpaired) electrons. The molecule has 0 saturated heterocycles. The topological polar surface area (TPSA) is 62.7 Å². The molecule has 0 aliphatic carbocycles. The molecule has 1 aliphatic rings. The summed E-state index contributed by atoms with van der Waals surface area (Å²) in [5.74, 6) is -0.259. The van der Waals surface area contributed by atoms with E-state index in [2.05, 4.69) is 4.98 Å². The molecule has 3 heterocycles. The normalized spacial score (nSPS) is 18.2. The molecule has 5 nitrogen and oxygen atoms in total. The molecule has 0 amide bonds. The van der Waals surface area contributed by atoms with Crippen LogP contribution in [0.25, 0.3) is 0 Å². The van der Waals surface area contributed by atoms with E-state index in [9.17, 15) is 9.90 Å². The van der Waals surface area contributed by atoms with Crippen LogP contribution in [0.5, 0.6) is 5.88 Å². The summed E-state index contributed by atoms with van der Waals surface area (Å²) in [6, 6.07) is 6.88. The Kier molecular flexibility index (Phi) is 3.90. The number of rotatable bonds is 4. The van der Waals surface area contributed by atoms with E-state index in [0.717, 1.165) is 24.2 Å². The molecule has 110 valence electrons. The average Bonchev–Trinajstić information content (AvgIpc) is 2.95. The van der Waals surface area contributed by atoms with Crippen molar-refractivity contribution in [1.82, 2.24) is 9.88 Å². The number of carboxylic acid groups (broad SMARTS) is 1. The molecule has 0 spiro atoms. The van der Waals surface area contributed by atoms with E-state index < -0.39 is 12.0 Å². The van der Waals surface area contributed by atoms with Crippen LogP contribution in [0.15, 0.2) is 29.6 Å². The minimum Gasteiger partial charge on any atom is -0.481 e. The van der Waals surface area contributed by atoms with Crippen molar-refractivity contribution in [2.24, 2.45) is 0 Å². The number of aromatic nitrogens is 1. The Morgan fingerprint density at radius 3 is 3.14 bits per heavy atom. The maximum absolute atomic E-state index is 11.7. The molecule has 0 saturated carbocycles. The molecule has 1 N–H and O–H groups in total. The molecule has 0 bridgehead atoms. The van der Waals surface area contributed by atoms with Crippen molar-refractivity contribution in [2.75, 3.05) is 13.7 Å². The standard InChI is InChI=1S/C15H16N2O3S/c1-20-13-4-2-3-10(16-13)9-17-7-5-12-11(6-8-21-12)14(17)15(18)19/h2-4,6,8,14H,5,7,9H2,1H3,(H,18,19). The average molecular weight is 304 g/mol. The first-order valence-electron chi connectivity index (χ1n) is 6.72. The van der Waals surface area contributed by atoms with Gasteiger partial charge in [-0.05, 0) is 29.5 Å². The lowest BCUT2D eigenvalue weighted by Crippen LogP contribution is -2.38.